The molecule has 0 aliphatic carbocycles. The summed E-state index contributed by atoms with van der Waals surface area (Å²) in [7, 11) is 2.54. The SMILES string of the molecule is COC(=O)c1cc(C(=O)OC)cc(-c2ccc(CNCC(C)O)o2)c1.Cl. The van der Waals surface area contributed by atoms with Crippen LogP contribution in [0.5, 0.6) is 0 Å². The van der Waals surface area contributed by atoms with Gasteiger partial charge in [-0.2, -0.15) is 0 Å². The van der Waals surface area contributed by atoms with Crippen molar-refractivity contribution in [2.75, 3.05) is 20.8 Å². The molecule has 0 radical (unpaired) electrons. The molecule has 1 unspecified atom stereocenters. The molecule has 1 aromatic carbocycles. The number of aliphatic hydroxyl groups excluding tert-OH is 1. The fourth-order valence-corrected chi connectivity index (χ4v) is 2.27. The van der Waals surface area contributed by atoms with Crippen molar-refractivity contribution in [3.8, 4) is 11.3 Å². The predicted molar refractivity (Wildman–Crippen MR) is 97.5 cm³/mol. The lowest BCUT2D eigenvalue weighted by molar-refractivity contribution is 0.0599. The number of methoxy groups -OCH3 is 2. The van der Waals surface area contributed by atoms with Crippen LogP contribution in [-0.2, 0) is 16.0 Å². The lowest BCUT2D eigenvalue weighted by atomic mass is 10.0. The molecule has 0 aliphatic rings. The highest BCUT2D eigenvalue weighted by Crippen LogP contribution is 2.25. The average Bonchev–Trinajstić information content (AvgIpc) is 3.08. The number of rotatable bonds is 7. The molecule has 1 atom stereocenters. The molecule has 1 aromatic heterocycles. The van der Waals surface area contributed by atoms with E-state index in [0.29, 0.717) is 30.2 Å². The van der Waals surface area contributed by atoms with E-state index in [1.807, 2.05) is 0 Å². The minimum absolute atomic E-state index is 0. The molecule has 26 heavy (non-hydrogen) atoms. The van der Waals surface area contributed by atoms with E-state index in [1.54, 1.807) is 31.2 Å². The normalized spacial score (nSPS) is 11.4. The van der Waals surface area contributed by atoms with Crippen molar-refractivity contribution >= 4 is 24.3 Å². The Kier molecular flexibility index (Phi) is 8.31. The van der Waals surface area contributed by atoms with Crippen LogP contribution in [-0.4, -0.2) is 43.9 Å². The maximum Gasteiger partial charge on any atom is 0.337 e. The number of carbonyl (C=O) groups excluding carboxylic acids is 2. The number of aliphatic hydroxyl groups is 1. The van der Waals surface area contributed by atoms with E-state index >= 15 is 0 Å². The number of hydrogen-bond acceptors (Lipinski definition) is 7. The first kappa shape index (κ1) is 21.7. The van der Waals surface area contributed by atoms with E-state index in [0.717, 1.165) is 0 Å². The summed E-state index contributed by atoms with van der Waals surface area (Å²) < 4.78 is 15.2. The molecule has 2 aromatic rings. The summed E-state index contributed by atoms with van der Waals surface area (Å²) in [5, 5.41) is 12.3. The Bertz CT molecular complexity index is 722. The Labute approximate surface area is 157 Å². The Morgan fingerprint density at radius 1 is 1.12 bits per heavy atom. The van der Waals surface area contributed by atoms with Gasteiger partial charge in [-0.1, -0.05) is 0 Å². The van der Waals surface area contributed by atoms with Gasteiger partial charge in [-0.3, -0.25) is 0 Å². The van der Waals surface area contributed by atoms with E-state index < -0.39 is 18.0 Å². The predicted octanol–water partition coefficient (Wildman–Crippen LogP) is 2.41. The highest BCUT2D eigenvalue weighted by molar-refractivity contribution is 5.97. The fraction of sp³-hybridized carbons (Fsp3) is 0.333. The molecule has 1 heterocycles. The first-order chi connectivity index (χ1) is 11.9. The van der Waals surface area contributed by atoms with Gasteiger partial charge in [0.15, 0.2) is 0 Å². The highest BCUT2D eigenvalue weighted by atomic mass is 35.5. The molecule has 0 bridgehead atoms. The van der Waals surface area contributed by atoms with Crippen LogP contribution in [0, 0.1) is 0 Å². The van der Waals surface area contributed by atoms with E-state index in [1.165, 1.54) is 20.3 Å². The molecule has 0 saturated carbocycles. The number of halogens is 1. The second kappa shape index (κ2) is 9.96. The van der Waals surface area contributed by atoms with Gasteiger partial charge in [-0.25, -0.2) is 9.59 Å². The van der Waals surface area contributed by atoms with E-state index in [-0.39, 0.29) is 23.5 Å². The Morgan fingerprint density at radius 2 is 1.69 bits per heavy atom. The second-order valence-electron chi connectivity index (χ2n) is 5.53. The average molecular weight is 384 g/mol. The van der Waals surface area contributed by atoms with Crippen LogP contribution in [0.4, 0.5) is 0 Å². The lowest BCUT2D eigenvalue weighted by Gasteiger charge is -2.07. The molecule has 2 N–H and O–H groups in total. The van der Waals surface area contributed by atoms with Crippen LogP contribution in [0.15, 0.2) is 34.7 Å². The molecule has 8 heteroatoms. The summed E-state index contributed by atoms with van der Waals surface area (Å²) in [5.74, 6) is 0.0539. The van der Waals surface area contributed by atoms with Crippen LogP contribution >= 0.6 is 12.4 Å². The van der Waals surface area contributed by atoms with Crippen molar-refractivity contribution in [2.24, 2.45) is 0 Å². The Balaban J connectivity index is 0.00000338. The van der Waals surface area contributed by atoms with Crippen molar-refractivity contribution in [1.29, 1.82) is 0 Å². The molecule has 0 fully saturated rings. The zero-order valence-electron chi connectivity index (χ0n) is 14.8. The largest absolute Gasteiger partial charge is 0.465 e. The van der Waals surface area contributed by atoms with Crippen molar-refractivity contribution in [3.63, 3.8) is 0 Å². The van der Waals surface area contributed by atoms with Crippen LogP contribution in [0.2, 0.25) is 0 Å². The van der Waals surface area contributed by atoms with Crippen LogP contribution in [0.25, 0.3) is 11.3 Å². The van der Waals surface area contributed by atoms with Gasteiger partial charge >= 0.3 is 11.9 Å². The molecular formula is C18H22ClNO6. The van der Waals surface area contributed by atoms with Crippen molar-refractivity contribution < 1.29 is 28.6 Å². The van der Waals surface area contributed by atoms with E-state index in [2.05, 4.69) is 5.32 Å². The number of furan rings is 1. The monoisotopic (exact) mass is 383 g/mol. The third-order valence-electron chi connectivity index (χ3n) is 3.46. The smallest absolute Gasteiger partial charge is 0.337 e. The van der Waals surface area contributed by atoms with Gasteiger partial charge in [0.1, 0.15) is 11.5 Å². The van der Waals surface area contributed by atoms with Gasteiger partial charge in [0.2, 0.25) is 0 Å². The summed E-state index contributed by atoms with van der Waals surface area (Å²) >= 11 is 0. The van der Waals surface area contributed by atoms with Gasteiger partial charge in [0, 0.05) is 12.1 Å². The van der Waals surface area contributed by atoms with E-state index in [9.17, 15) is 14.7 Å². The number of hydrogen-bond donors (Lipinski definition) is 2. The third-order valence-corrected chi connectivity index (χ3v) is 3.46. The molecule has 0 spiro atoms. The van der Waals surface area contributed by atoms with Crippen LogP contribution in [0.3, 0.4) is 0 Å². The second-order valence-corrected chi connectivity index (χ2v) is 5.53. The quantitative estimate of drug-likeness (QED) is 0.708. The third kappa shape index (κ3) is 5.59. The first-order valence-corrected chi connectivity index (χ1v) is 7.74. The number of esters is 2. The maximum absolute atomic E-state index is 11.8. The highest BCUT2D eigenvalue weighted by Gasteiger charge is 2.16. The summed E-state index contributed by atoms with van der Waals surface area (Å²) in [6.45, 7) is 2.58. The molecule has 7 nitrogen and oxygen atoms in total. The molecule has 0 amide bonds. The first-order valence-electron chi connectivity index (χ1n) is 7.74. The standard InChI is InChI=1S/C18H21NO6.ClH/c1-11(20)9-19-10-15-4-5-16(25-15)12-6-13(17(21)23-2)8-14(7-12)18(22)24-3;/h4-8,11,19-20H,9-10H2,1-3H3;1H. The number of nitrogens with one attached hydrogen (secondary N) is 1. The van der Waals surface area contributed by atoms with Gasteiger partial charge in [-0.05, 0) is 37.3 Å². The molecule has 0 aliphatic heterocycles. The zero-order chi connectivity index (χ0) is 18.4. The summed E-state index contributed by atoms with van der Waals surface area (Å²) in [4.78, 5) is 23.7. The fourth-order valence-electron chi connectivity index (χ4n) is 2.27. The van der Waals surface area contributed by atoms with E-state index in [4.69, 9.17) is 13.9 Å². The number of benzene rings is 1. The van der Waals surface area contributed by atoms with Crippen molar-refractivity contribution in [2.45, 2.75) is 19.6 Å². The van der Waals surface area contributed by atoms with Crippen molar-refractivity contribution in [3.05, 3.63) is 47.2 Å². The number of ether oxygens (including phenoxy) is 2. The molecule has 2 rings (SSSR count). The van der Waals surface area contributed by atoms with Crippen LogP contribution < -0.4 is 5.32 Å². The summed E-state index contributed by atoms with van der Waals surface area (Å²) in [6.07, 6.45) is -0.450. The van der Waals surface area contributed by atoms with Crippen molar-refractivity contribution in [1.82, 2.24) is 5.32 Å². The van der Waals surface area contributed by atoms with Gasteiger partial charge in [0.05, 0.1) is 38.0 Å². The maximum atomic E-state index is 11.8. The molecule has 0 saturated heterocycles. The lowest BCUT2D eigenvalue weighted by Crippen LogP contribution is -2.23. The topological polar surface area (TPSA) is 98.0 Å². The summed E-state index contributed by atoms with van der Waals surface area (Å²) in [5.41, 5.74) is 1.02. The Morgan fingerprint density at radius 3 is 2.19 bits per heavy atom. The minimum Gasteiger partial charge on any atom is -0.465 e. The molecule has 142 valence electrons. The summed E-state index contributed by atoms with van der Waals surface area (Å²) in [6, 6.07) is 8.12. The Hall–Kier alpha value is -2.35. The van der Waals surface area contributed by atoms with Gasteiger partial charge in [-0.15, -0.1) is 12.4 Å². The zero-order valence-corrected chi connectivity index (χ0v) is 15.6. The minimum atomic E-state index is -0.558. The number of carbonyl (C=O) groups is 2. The van der Waals surface area contributed by atoms with Gasteiger partial charge < -0.3 is 24.3 Å². The molecular weight excluding hydrogens is 362 g/mol. The van der Waals surface area contributed by atoms with Gasteiger partial charge in [0.25, 0.3) is 0 Å². The van der Waals surface area contributed by atoms with Crippen LogP contribution in [0.1, 0.15) is 33.4 Å².